The molecule has 0 bridgehead atoms. The number of pyridine rings is 1. The van der Waals surface area contributed by atoms with Crippen LogP contribution in [0.5, 0.6) is 0 Å². The van der Waals surface area contributed by atoms with E-state index in [4.69, 9.17) is 4.74 Å². The third-order valence-corrected chi connectivity index (χ3v) is 5.72. The van der Waals surface area contributed by atoms with Crippen molar-refractivity contribution in [1.82, 2.24) is 4.98 Å². The van der Waals surface area contributed by atoms with Gasteiger partial charge in [-0.25, -0.2) is 9.37 Å². The first-order valence-electron chi connectivity index (χ1n) is 10.5. The Morgan fingerprint density at radius 2 is 2.03 bits per heavy atom. The highest BCUT2D eigenvalue weighted by atomic mass is 19.1. The molecule has 9 nitrogen and oxygen atoms in total. The summed E-state index contributed by atoms with van der Waals surface area (Å²) in [4.78, 5) is 19.3. The number of nitrogens with zero attached hydrogens (tertiary/aromatic N) is 4. The molecule has 0 radical (unpaired) electrons. The average Bonchev–Trinajstić information content (AvgIpc) is 2.79. The lowest BCUT2D eigenvalue weighted by molar-refractivity contribution is -0.384. The molecule has 4 rings (SSSR count). The molecule has 3 heterocycles. The van der Waals surface area contributed by atoms with Gasteiger partial charge in [0.1, 0.15) is 11.6 Å². The molecule has 2 saturated heterocycles. The molecule has 0 amide bonds. The molecule has 2 aliphatic rings. The number of halogens is 1. The summed E-state index contributed by atoms with van der Waals surface area (Å²) in [7, 11) is 0. The minimum atomic E-state index is -0.508. The molecule has 10 heteroatoms. The smallest absolute Gasteiger partial charge is 0.311 e. The van der Waals surface area contributed by atoms with E-state index < -0.39 is 10.7 Å². The van der Waals surface area contributed by atoms with E-state index in [0.717, 1.165) is 19.4 Å². The summed E-state index contributed by atoms with van der Waals surface area (Å²) in [6, 6.07) is 7.70. The number of piperidine rings is 1. The molecular formula is C21H26FN5O4. The van der Waals surface area contributed by atoms with Crippen LogP contribution in [0.1, 0.15) is 12.8 Å². The SMILES string of the molecule is O=[N+]([O-])c1ccc(N2CCOCC2)nc1Nc1ccc(N2CCCC(CO)C2)c(F)c1. The molecule has 1 aromatic heterocycles. The molecule has 2 fully saturated rings. The molecule has 0 spiro atoms. The van der Waals surface area contributed by atoms with Gasteiger partial charge in [0.25, 0.3) is 0 Å². The van der Waals surface area contributed by atoms with Gasteiger partial charge in [-0.3, -0.25) is 10.1 Å². The van der Waals surface area contributed by atoms with Gasteiger partial charge in [0.15, 0.2) is 0 Å². The fourth-order valence-electron chi connectivity index (χ4n) is 4.06. The normalized spacial score (nSPS) is 19.4. The molecular weight excluding hydrogens is 405 g/mol. The number of hydrogen-bond donors (Lipinski definition) is 2. The largest absolute Gasteiger partial charge is 0.396 e. The summed E-state index contributed by atoms with van der Waals surface area (Å²) in [5.41, 5.74) is 0.670. The van der Waals surface area contributed by atoms with Crippen LogP contribution in [0.2, 0.25) is 0 Å². The van der Waals surface area contributed by atoms with Gasteiger partial charge >= 0.3 is 5.69 Å². The van der Waals surface area contributed by atoms with Crippen molar-refractivity contribution in [2.45, 2.75) is 12.8 Å². The zero-order valence-electron chi connectivity index (χ0n) is 17.2. The molecule has 1 atom stereocenters. The van der Waals surface area contributed by atoms with Gasteiger partial charge < -0.3 is 25.0 Å². The summed E-state index contributed by atoms with van der Waals surface area (Å²) in [5.74, 6) is 0.396. The maximum Gasteiger partial charge on any atom is 0.311 e. The van der Waals surface area contributed by atoms with Crippen LogP contribution in [0.3, 0.4) is 0 Å². The fraction of sp³-hybridized carbons (Fsp3) is 0.476. The maximum absolute atomic E-state index is 14.9. The quantitative estimate of drug-likeness (QED) is 0.532. The molecule has 2 aromatic rings. The molecule has 31 heavy (non-hydrogen) atoms. The standard InChI is InChI=1S/C21H26FN5O4/c22-17-12-16(3-4-18(17)26-7-1-2-15(13-26)14-28)23-21-19(27(29)30)5-6-20(24-21)25-8-10-31-11-9-25/h3-6,12,15,28H,1-2,7-11,13-14H2,(H,23,24). The zero-order valence-corrected chi connectivity index (χ0v) is 17.2. The van der Waals surface area contributed by atoms with E-state index >= 15 is 0 Å². The predicted molar refractivity (Wildman–Crippen MR) is 116 cm³/mol. The molecule has 2 N–H and O–H groups in total. The van der Waals surface area contributed by atoms with Crippen molar-refractivity contribution >= 4 is 28.7 Å². The van der Waals surface area contributed by atoms with Gasteiger partial charge in [-0.2, -0.15) is 0 Å². The monoisotopic (exact) mass is 431 g/mol. The van der Waals surface area contributed by atoms with Crippen LogP contribution in [-0.2, 0) is 4.74 Å². The second-order valence-electron chi connectivity index (χ2n) is 7.82. The predicted octanol–water partition coefficient (Wildman–Crippen LogP) is 2.92. The van der Waals surface area contributed by atoms with Gasteiger partial charge in [-0.15, -0.1) is 0 Å². The van der Waals surface area contributed by atoms with E-state index in [1.165, 1.54) is 12.1 Å². The van der Waals surface area contributed by atoms with Crippen LogP contribution in [0.15, 0.2) is 30.3 Å². The van der Waals surface area contributed by atoms with Crippen molar-refractivity contribution in [2.24, 2.45) is 5.92 Å². The van der Waals surface area contributed by atoms with Gasteiger partial charge in [0.2, 0.25) is 5.82 Å². The first-order chi connectivity index (χ1) is 15.0. The molecule has 1 aromatic carbocycles. The van der Waals surface area contributed by atoms with Crippen LogP contribution < -0.4 is 15.1 Å². The number of hydrogen-bond acceptors (Lipinski definition) is 8. The van der Waals surface area contributed by atoms with Crippen molar-refractivity contribution in [2.75, 3.05) is 61.1 Å². The number of aromatic nitrogens is 1. The Morgan fingerprint density at radius 1 is 1.23 bits per heavy atom. The highest BCUT2D eigenvalue weighted by Crippen LogP contribution is 2.32. The minimum Gasteiger partial charge on any atom is -0.396 e. The fourth-order valence-corrected chi connectivity index (χ4v) is 4.06. The van der Waals surface area contributed by atoms with Gasteiger partial charge in [0, 0.05) is 44.5 Å². The van der Waals surface area contributed by atoms with Crippen molar-refractivity contribution < 1.29 is 19.2 Å². The Bertz CT molecular complexity index is 938. The number of benzene rings is 1. The lowest BCUT2D eigenvalue weighted by atomic mass is 9.98. The Kier molecular flexibility index (Phi) is 6.47. The van der Waals surface area contributed by atoms with Gasteiger partial charge in [0.05, 0.1) is 23.8 Å². The van der Waals surface area contributed by atoms with Gasteiger partial charge in [-0.05, 0) is 43.0 Å². The molecule has 0 saturated carbocycles. The van der Waals surface area contributed by atoms with E-state index in [2.05, 4.69) is 10.3 Å². The number of ether oxygens (including phenoxy) is 1. The zero-order chi connectivity index (χ0) is 21.8. The lowest BCUT2D eigenvalue weighted by Crippen LogP contribution is -2.37. The minimum absolute atomic E-state index is 0.0689. The average molecular weight is 431 g/mol. The highest BCUT2D eigenvalue weighted by Gasteiger charge is 2.23. The van der Waals surface area contributed by atoms with E-state index in [9.17, 15) is 19.6 Å². The number of anilines is 4. The first kappa shape index (κ1) is 21.3. The van der Waals surface area contributed by atoms with Gasteiger partial charge in [-0.1, -0.05) is 0 Å². The van der Waals surface area contributed by atoms with E-state index in [1.54, 1.807) is 18.2 Å². The number of rotatable bonds is 6. The van der Waals surface area contributed by atoms with Crippen LogP contribution >= 0.6 is 0 Å². The number of aliphatic hydroxyl groups excluding tert-OH is 1. The second kappa shape index (κ2) is 9.44. The topological polar surface area (TPSA) is 104 Å². The molecule has 2 aliphatic heterocycles. The Morgan fingerprint density at radius 3 is 2.74 bits per heavy atom. The summed E-state index contributed by atoms with van der Waals surface area (Å²) < 4.78 is 20.2. The van der Waals surface area contributed by atoms with Crippen LogP contribution in [0, 0.1) is 21.8 Å². The van der Waals surface area contributed by atoms with E-state index in [0.29, 0.717) is 50.0 Å². The maximum atomic E-state index is 14.9. The number of nitro groups is 1. The molecule has 1 unspecified atom stereocenters. The van der Waals surface area contributed by atoms with Crippen LogP contribution in [0.4, 0.5) is 33.1 Å². The molecule has 0 aliphatic carbocycles. The summed E-state index contributed by atoms with van der Waals surface area (Å²) >= 11 is 0. The Hall–Kier alpha value is -2.98. The van der Waals surface area contributed by atoms with Crippen molar-refractivity contribution in [3.8, 4) is 0 Å². The van der Waals surface area contributed by atoms with Crippen LogP contribution in [-0.4, -0.2) is 61.0 Å². The second-order valence-corrected chi connectivity index (χ2v) is 7.82. The number of nitrogens with one attached hydrogen (secondary N) is 1. The Labute approximate surface area is 179 Å². The molecule has 166 valence electrons. The summed E-state index contributed by atoms with van der Waals surface area (Å²) in [6.45, 7) is 3.87. The first-order valence-corrected chi connectivity index (χ1v) is 10.5. The third kappa shape index (κ3) is 4.86. The third-order valence-electron chi connectivity index (χ3n) is 5.72. The van der Waals surface area contributed by atoms with E-state index in [-0.39, 0.29) is 24.0 Å². The highest BCUT2D eigenvalue weighted by molar-refractivity contribution is 5.69. The number of aliphatic hydroxyl groups is 1. The van der Waals surface area contributed by atoms with Crippen molar-refractivity contribution in [3.63, 3.8) is 0 Å². The van der Waals surface area contributed by atoms with Crippen molar-refractivity contribution in [1.29, 1.82) is 0 Å². The van der Waals surface area contributed by atoms with Crippen LogP contribution in [0.25, 0.3) is 0 Å². The summed E-state index contributed by atoms with van der Waals surface area (Å²) in [5, 5.41) is 23.8. The summed E-state index contributed by atoms with van der Waals surface area (Å²) in [6.07, 6.45) is 1.83. The van der Waals surface area contributed by atoms with Crippen molar-refractivity contribution in [3.05, 3.63) is 46.3 Å². The van der Waals surface area contributed by atoms with E-state index in [1.807, 2.05) is 9.80 Å². The number of morpholine rings is 1. The Balaban J connectivity index is 1.56. The lowest BCUT2D eigenvalue weighted by Gasteiger charge is -2.33.